The highest BCUT2D eigenvalue weighted by molar-refractivity contribution is 7.20. The minimum absolute atomic E-state index is 0.0976. The minimum atomic E-state index is 0.0976. The van der Waals surface area contributed by atoms with E-state index in [2.05, 4.69) is 51.5 Å². The van der Waals surface area contributed by atoms with E-state index >= 15 is 0 Å². The van der Waals surface area contributed by atoms with Crippen LogP contribution in [0.5, 0.6) is 0 Å². The second kappa shape index (κ2) is 10.2. The molecule has 0 spiro atoms. The third-order valence-corrected chi connectivity index (χ3v) is 9.65. The predicted molar refractivity (Wildman–Crippen MR) is 148 cm³/mol. The van der Waals surface area contributed by atoms with E-state index in [1.54, 1.807) is 22.9 Å². The normalized spacial score (nSPS) is 21.5. The zero-order valence-corrected chi connectivity index (χ0v) is 21.6. The Balaban J connectivity index is 0.930. The van der Waals surface area contributed by atoms with E-state index in [9.17, 15) is 4.79 Å². The van der Waals surface area contributed by atoms with Gasteiger partial charge < -0.3 is 10.2 Å². The van der Waals surface area contributed by atoms with E-state index in [4.69, 9.17) is 4.37 Å². The Hall–Kier alpha value is -2.48. The number of aromatic nitrogens is 1. The van der Waals surface area contributed by atoms with Crippen LogP contribution < -0.4 is 10.2 Å². The smallest absolute Gasteiger partial charge is 0.261 e. The van der Waals surface area contributed by atoms with Crippen LogP contribution in [0.2, 0.25) is 0 Å². The number of carbonyl (C=O) groups is 1. The molecule has 2 aromatic heterocycles. The van der Waals surface area contributed by atoms with Gasteiger partial charge in [-0.05, 0) is 85.8 Å². The quantitative estimate of drug-likeness (QED) is 0.349. The van der Waals surface area contributed by atoms with Crippen LogP contribution in [-0.4, -0.2) is 53.9 Å². The molecule has 1 aliphatic carbocycles. The number of fused-ring (bicyclic) bond motifs is 2. The van der Waals surface area contributed by atoms with Crippen molar-refractivity contribution in [3.05, 3.63) is 59.5 Å². The number of hydrogen-bond acceptors (Lipinski definition) is 6. The SMILES string of the molecule is O=C(NC1CCC(CCN2CCN(c3nsc4ccccc34)CC2)CC1)c1cc2ccccc2s1. The van der Waals surface area contributed by atoms with Crippen molar-refractivity contribution in [1.29, 1.82) is 0 Å². The van der Waals surface area contributed by atoms with Crippen LogP contribution in [0.4, 0.5) is 5.82 Å². The Labute approximate surface area is 214 Å². The largest absolute Gasteiger partial charge is 0.353 e. The van der Waals surface area contributed by atoms with E-state index in [0.29, 0.717) is 6.04 Å². The molecular weight excluding hydrogens is 472 g/mol. The lowest BCUT2D eigenvalue weighted by Gasteiger charge is -2.36. The van der Waals surface area contributed by atoms with E-state index < -0.39 is 0 Å². The van der Waals surface area contributed by atoms with E-state index in [1.165, 1.54) is 46.4 Å². The molecule has 35 heavy (non-hydrogen) atoms. The highest BCUT2D eigenvalue weighted by atomic mass is 32.1. The molecule has 0 radical (unpaired) electrons. The van der Waals surface area contributed by atoms with Gasteiger partial charge in [0.15, 0.2) is 0 Å². The van der Waals surface area contributed by atoms with Gasteiger partial charge >= 0.3 is 0 Å². The molecule has 0 bridgehead atoms. The summed E-state index contributed by atoms with van der Waals surface area (Å²) >= 11 is 3.20. The summed E-state index contributed by atoms with van der Waals surface area (Å²) in [5, 5.41) is 5.76. The number of rotatable bonds is 6. The van der Waals surface area contributed by atoms with Crippen molar-refractivity contribution in [3.8, 4) is 0 Å². The van der Waals surface area contributed by atoms with Crippen LogP contribution in [-0.2, 0) is 0 Å². The fraction of sp³-hybridized carbons (Fsp3) is 0.429. The van der Waals surface area contributed by atoms with Crippen molar-refractivity contribution >= 4 is 54.8 Å². The third-order valence-electron chi connectivity index (χ3n) is 7.72. The number of nitrogens with zero attached hydrogens (tertiary/aromatic N) is 3. The molecule has 6 rings (SSSR count). The number of thiophene rings is 1. The Morgan fingerprint density at radius 3 is 2.49 bits per heavy atom. The van der Waals surface area contributed by atoms with Crippen molar-refractivity contribution in [3.63, 3.8) is 0 Å². The Morgan fingerprint density at radius 1 is 0.943 bits per heavy atom. The molecule has 2 fully saturated rings. The monoisotopic (exact) mass is 504 g/mol. The number of nitrogens with one attached hydrogen (secondary N) is 1. The fourth-order valence-electron chi connectivity index (χ4n) is 5.59. The van der Waals surface area contributed by atoms with Gasteiger partial charge in [0.2, 0.25) is 0 Å². The van der Waals surface area contributed by atoms with E-state index in [0.717, 1.165) is 55.2 Å². The average molecular weight is 505 g/mol. The van der Waals surface area contributed by atoms with Gasteiger partial charge in [0.25, 0.3) is 5.91 Å². The lowest BCUT2D eigenvalue weighted by Crippen LogP contribution is -2.47. The summed E-state index contributed by atoms with van der Waals surface area (Å²) in [5.74, 6) is 2.05. The van der Waals surface area contributed by atoms with Crippen molar-refractivity contribution in [1.82, 2.24) is 14.6 Å². The van der Waals surface area contributed by atoms with Gasteiger partial charge in [-0.2, -0.15) is 4.37 Å². The summed E-state index contributed by atoms with van der Waals surface area (Å²) in [6.45, 7) is 5.54. The predicted octanol–water partition coefficient (Wildman–Crippen LogP) is 6.01. The first-order valence-corrected chi connectivity index (χ1v) is 14.4. The van der Waals surface area contributed by atoms with Crippen LogP contribution in [0.25, 0.3) is 20.2 Å². The summed E-state index contributed by atoms with van der Waals surface area (Å²) in [6, 6.07) is 19.1. The maximum Gasteiger partial charge on any atom is 0.261 e. The molecule has 1 amide bonds. The first-order valence-electron chi connectivity index (χ1n) is 12.8. The Morgan fingerprint density at radius 2 is 1.69 bits per heavy atom. The molecule has 1 aliphatic heterocycles. The number of carbonyl (C=O) groups excluding carboxylic acids is 1. The molecule has 2 aliphatic rings. The first-order chi connectivity index (χ1) is 17.2. The molecule has 1 N–H and O–H groups in total. The molecule has 1 saturated carbocycles. The maximum absolute atomic E-state index is 12.8. The van der Waals surface area contributed by atoms with Gasteiger partial charge in [-0.15, -0.1) is 11.3 Å². The van der Waals surface area contributed by atoms with Gasteiger partial charge in [-0.25, -0.2) is 0 Å². The first kappa shape index (κ1) is 23.0. The molecule has 0 unspecified atom stereocenters. The van der Waals surface area contributed by atoms with Crippen LogP contribution in [0.3, 0.4) is 0 Å². The molecule has 5 nitrogen and oxygen atoms in total. The number of benzene rings is 2. The lowest BCUT2D eigenvalue weighted by molar-refractivity contribution is 0.0924. The topological polar surface area (TPSA) is 48.5 Å². The molecule has 4 aromatic rings. The number of amides is 1. The van der Waals surface area contributed by atoms with Crippen molar-refractivity contribution in [2.24, 2.45) is 5.92 Å². The number of anilines is 1. The molecule has 1 saturated heterocycles. The van der Waals surface area contributed by atoms with E-state index in [1.807, 2.05) is 18.2 Å². The third kappa shape index (κ3) is 5.08. The van der Waals surface area contributed by atoms with Gasteiger partial charge in [0.1, 0.15) is 5.82 Å². The second-order valence-corrected chi connectivity index (χ2v) is 11.8. The van der Waals surface area contributed by atoms with Gasteiger partial charge in [0, 0.05) is 42.3 Å². The zero-order valence-electron chi connectivity index (χ0n) is 20.0. The standard InChI is InChI=1S/C28H32N4OS2/c33-28(26-19-21-5-1-3-7-24(21)34-26)29-22-11-9-20(10-12-22)13-14-31-15-17-32(18-16-31)27-23-6-2-4-8-25(23)35-30-27/h1-8,19-20,22H,9-18H2,(H,29,33). The van der Waals surface area contributed by atoms with Crippen LogP contribution in [0.1, 0.15) is 41.8 Å². The summed E-state index contributed by atoms with van der Waals surface area (Å²) in [7, 11) is 0. The van der Waals surface area contributed by atoms with Gasteiger partial charge in [-0.3, -0.25) is 9.69 Å². The highest BCUT2D eigenvalue weighted by Crippen LogP contribution is 2.31. The van der Waals surface area contributed by atoms with Gasteiger partial charge in [-0.1, -0.05) is 30.3 Å². The fourth-order valence-corrected chi connectivity index (χ4v) is 7.36. The Kier molecular flexibility index (Phi) is 6.72. The Bertz CT molecular complexity index is 1270. The minimum Gasteiger partial charge on any atom is -0.353 e. The molecule has 182 valence electrons. The second-order valence-electron chi connectivity index (χ2n) is 9.96. The molecule has 7 heteroatoms. The highest BCUT2D eigenvalue weighted by Gasteiger charge is 2.25. The van der Waals surface area contributed by atoms with Crippen molar-refractivity contribution < 1.29 is 4.79 Å². The van der Waals surface area contributed by atoms with E-state index in [-0.39, 0.29) is 5.91 Å². The van der Waals surface area contributed by atoms with Gasteiger partial charge in [0.05, 0.1) is 9.58 Å². The zero-order chi connectivity index (χ0) is 23.6. The van der Waals surface area contributed by atoms with Crippen molar-refractivity contribution in [2.45, 2.75) is 38.1 Å². The van der Waals surface area contributed by atoms with Crippen LogP contribution in [0, 0.1) is 5.92 Å². The summed E-state index contributed by atoms with van der Waals surface area (Å²) in [6.07, 6.45) is 5.93. The molecule has 3 heterocycles. The number of hydrogen-bond donors (Lipinski definition) is 1. The lowest BCUT2D eigenvalue weighted by atomic mass is 9.84. The summed E-state index contributed by atoms with van der Waals surface area (Å²) < 4.78 is 7.20. The molecule has 2 aromatic carbocycles. The molecular formula is C28H32N4OS2. The number of piperazine rings is 1. The summed E-state index contributed by atoms with van der Waals surface area (Å²) in [5.41, 5.74) is 0. The molecule has 0 atom stereocenters. The van der Waals surface area contributed by atoms with Crippen LogP contribution in [0.15, 0.2) is 54.6 Å². The summed E-state index contributed by atoms with van der Waals surface area (Å²) in [4.78, 5) is 18.7. The van der Waals surface area contributed by atoms with Crippen LogP contribution >= 0.6 is 22.9 Å². The average Bonchev–Trinajstić information content (AvgIpc) is 3.53. The van der Waals surface area contributed by atoms with Crippen molar-refractivity contribution in [2.75, 3.05) is 37.6 Å². The maximum atomic E-state index is 12.8.